The summed E-state index contributed by atoms with van der Waals surface area (Å²) < 4.78 is 0. The second kappa shape index (κ2) is 5.80. The number of fused-ring (bicyclic) bond motifs is 2. The average Bonchev–Trinajstić information content (AvgIpc) is 2.90. The van der Waals surface area contributed by atoms with E-state index in [0.29, 0.717) is 0 Å². The largest absolute Gasteiger partial charge is 0.384 e. The molecule has 3 N–H and O–H groups in total. The molecular weight excluding hydrogens is 246 g/mol. The third-order valence-corrected chi connectivity index (χ3v) is 4.16. The highest BCUT2D eigenvalue weighted by Crippen LogP contribution is 2.31. The summed E-state index contributed by atoms with van der Waals surface area (Å²) in [6.45, 7) is 2.28. The molecule has 3 heteroatoms. The van der Waals surface area contributed by atoms with Crippen molar-refractivity contribution >= 4 is 16.6 Å². The lowest BCUT2D eigenvalue weighted by Gasteiger charge is -2.12. The van der Waals surface area contributed by atoms with Crippen LogP contribution in [0.15, 0.2) is 24.3 Å². The summed E-state index contributed by atoms with van der Waals surface area (Å²) in [7, 11) is 4.43. The van der Waals surface area contributed by atoms with E-state index in [9.17, 15) is 0 Å². The Labute approximate surface area is 121 Å². The minimum atomic E-state index is 1.06. The molecule has 1 aliphatic rings. The topological polar surface area (TPSA) is 30.6 Å². The van der Waals surface area contributed by atoms with Gasteiger partial charge < -0.3 is 10.2 Å². The van der Waals surface area contributed by atoms with Crippen molar-refractivity contribution in [1.82, 2.24) is 0 Å². The first kappa shape index (κ1) is 13.4. The number of nitrogens with one attached hydrogen (secondary N) is 3. The second-order valence-electron chi connectivity index (χ2n) is 6.09. The van der Waals surface area contributed by atoms with Gasteiger partial charge in [0, 0.05) is 31.0 Å². The Morgan fingerprint density at radius 1 is 1.20 bits per heavy atom. The number of aromatic nitrogens is 1. The molecule has 0 amide bonds. The minimum absolute atomic E-state index is 1.06. The molecule has 0 atom stereocenters. The molecule has 3 rings (SSSR count). The summed E-state index contributed by atoms with van der Waals surface area (Å²) in [5.41, 5.74) is 5.58. The zero-order chi connectivity index (χ0) is 13.9. The van der Waals surface area contributed by atoms with Crippen LogP contribution in [-0.4, -0.2) is 27.2 Å². The number of pyridine rings is 1. The van der Waals surface area contributed by atoms with Crippen molar-refractivity contribution in [1.29, 1.82) is 0 Å². The first-order chi connectivity index (χ1) is 9.75. The van der Waals surface area contributed by atoms with Gasteiger partial charge in [0.05, 0.1) is 31.7 Å². The van der Waals surface area contributed by atoms with Crippen LogP contribution in [0.3, 0.4) is 0 Å². The van der Waals surface area contributed by atoms with Gasteiger partial charge in [-0.25, -0.2) is 4.98 Å². The van der Waals surface area contributed by atoms with E-state index >= 15 is 0 Å². The molecule has 0 saturated heterocycles. The number of quaternary nitrogens is 1. The van der Waals surface area contributed by atoms with Gasteiger partial charge in [0.1, 0.15) is 0 Å². The van der Waals surface area contributed by atoms with Gasteiger partial charge in [0.25, 0.3) is 0 Å². The summed E-state index contributed by atoms with van der Waals surface area (Å²) in [6, 6.07) is 8.65. The van der Waals surface area contributed by atoms with Crippen LogP contribution in [0.5, 0.6) is 0 Å². The summed E-state index contributed by atoms with van der Waals surface area (Å²) in [5, 5.41) is 5.05. The summed E-state index contributed by atoms with van der Waals surface area (Å²) >= 11 is 0. The van der Waals surface area contributed by atoms with Crippen LogP contribution < -0.4 is 15.2 Å². The molecule has 0 spiro atoms. The maximum Gasteiger partial charge on any atom is 0.213 e. The van der Waals surface area contributed by atoms with E-state index in [0.717, 1.165) is 6.54 Å². The second-order valence-corrected chi connectivity index (χ2v) is 6.09. The van der Waals surface area contributed by atoms with Gasteiger partial charge in [-0.15, -0.1) is 0 Å². The predicted octanol–water partition coefficient (Wildman–Crippen LogP) is 1.09. The molecule has 0 bridgehead atoms. The standard InChI is InChI=1S/C17H23N3/c1-20(2)12-6-11-18-17-13-7-3-4-9-15(13)19-16-10-5-8-14(16)17/h3-4,7,9H,5-6,8,10-12H2,1-2H3,(H,18,19)/p+2. The molecular formula is C17H25N3+2. The average molecular weight is 271 g/mol. The van der Waals surface area contributed by atoms with Crippen LogP contribution in [0.25, 0.3) is 10.9 Å². The molecule has 1 aliphatic carbocycles. The number of benzene rings is 1. The number of hydrogen-bond acceptors (Lipinski definition) is 1. The maximum absolute atomic E-state index is 3.71. The highest BCUT2D eigenvalue weighted by molar-refractivity contribution is 5.91. The molecule has 20 heavy (non-hydrogen) atoms. The fraction of sp³-hybridized carbons (Fsp3) is 0.471. The molecule has 0 unspecified atom stereocenters. The number of aryl methyl sites for hydroxylation is 1. The zero-order valence-electron chi connectivity index (χ0n) is 12.6. The molecule has 1 aromatic carbocycles. The molecule has 0 aliphatic heterocycles. The third-order valence-electron chi connectivity index (χ3n) is 4.16. The molecule has 0 saturated carbocycles. The van der Waals surface area contributed by atoms with Gasteiger partial charge in [-0.05, 0) is 18.9 Å². The lowest BCUT2D eigenvalue weighted by Crippen LogP contribution is -3.05. The molecule has 1 heterocycles. The normalized spacial score (nSPS) is 13.9. The fourth-order valence-electron chi connectivity index (χ4n) is 3.15. The van der Waals surface area contributed by atoms with Crippen LogP contribution >= 0.6 is 0 Å². The Balaban J connectivity index is 1.88. The molecule has 3 nitrogen and oxygen atoms in total. The maximum atomic E-state index is 3.71. The van der Waals surface area contributed by atoms with Gasteiger partial charge in [-0.3, -0.25) is 0 Å². The number of rotatable bonds is 5. The van der Waals surface area contributed by atoms with Crippen LogP contribution in [0.1, 0.15) is 24.1 Å². The van der Waals surface area contributed by atoms with E-state index in [4.69, 9.17) is 0 Å². The van der Waals surface area contributed by atoms with Gasteiger partial charge >= 0.3 is 0 Å². The van der Waals surface area contributed by atoms with Crippen molar-refractivity contribution in [3.8, 4) is 0 Å². The van der Waals surface area contributed by atoms with E-state index in [-0.39, 0.29) is 0 Å². The van der Waals surface area contributed by atoms with E-state index in [1.807, 2.05) is 0 Å². The molecule has 0 fully saturated rings. The lowest BCUT2D eigenvalue weighted by molar-refractivity contribution is -0.858. The van der Waals surface area contributed by atoms with Crippen LogP contribution in [0, 0.1) is 0 Å². The molecule has 2 aromatic rings. The Morgan fingerprint density at radius 2 is 2.05 bits per heavy atom. The highest BCUT2D eigenvalue weighted by Gasteiger charge is 2.23. The fourth-order valence-corrected chi connectivity index (χ4v) is 3.15. The summed E-state index contributed by atoms with van der Waals surface area (Å²) in [6.07, 6.45) is 4.89. The molecule has 1 aromatic heterocycles. The lowest BCUT2D eigenvalue weighted by atomic mass is 10.1. The summed E-state index contributed by atoms with van der Waals surface area (Å²) in [5.74, 6) is 0. The monoisotopic (exact) mass is 271 g/mol. The quantitative estimate of drug-likeness (QED) is 0.784. The van der Waals surface area contributed by atoms with Gasteiger partial charge in [0.15, 0.2) is 5.69 Å². The number of hydrogen-bond donors (Lipinski definition) is 2. The Morgan fingerprint density at radius 3 is 2.90 bits per heavy atom. The summed E-state index contributed by atoms with van der Waals surface area (Å²) in [4.78, 5) is 5.13. The van der Waals surface area contributed by atoms with Gasteiger partial charge in [0.2, 0.25) is 5.52 Å². The smallest absolute Gasteiger partial charge is 0.213 e. The van der Waals surface area contributed by atoms with Crippen LogP contribution in [0.2, 0.25) is 0 Å². The number of anilines is 1. The minimum Gasteiger partial charge on any atom is -0.384 e. The van der Waals surface area contributed by atoms with E-state index < -0.39 is 0 Å². The van der Waals surface area contributed by atoms with Crippen molar-refractivity contribution in [3.05, 3.63) is 35.5 Å². The van der Waals surface area contributed by atoms with E-state index in [2.05, 4.69) is 48.7 Å². The van der Waals surface area contributed by atoms with Crippen molar-refractivity contribution in [2.75, 3.05) is 32.5 Å². The molecule has 106 valence electrons. The van der Waals surface area contributed by atoms with E-state index in [1.165, 1.54) is 65.0 Å². The van der Waals surface area contributed by atoms with Crippen LogP contribution in [0.4, 0.5) is 5.69 Å². The van der Waals surface area contributed by atoms with E-state index in [1.54, 1.807) is 0 Å². The predicted molar refractivity (Wildman–Crippen MR) is 83.3 cm³/mol. The van der Waals surface area contributed by atoms with Crippen molar-refractivity contribution < 1.29 is 9.88 Å². The van der Waals surface area contributed by atoms with Crippen LogP contribution in [-0.2, 0) is 12.8 Å². The Bertz CT molecular complexity index is 604. The van der Waals surface area contributed by atoms with Crippen molar-refractivity contribution in [3.63, 3.8) is 0 Å². The third kappa shape index (κ3) is 2.63. The van der Waals surface area contributed by atoms with Gasteiger partial charge in [-0.2, -0.15) is 0 Å². The van der Waals surface area contributed by atoms with Gasteiger partial charge in [-0.1, -0.05) is 12.1 Å². The molecule has 0 radical (unpaired) electrons. The Hall–Kier alpha value is -1.61. The number of para-hydroxylation sites is 1. The SMILES string of the molecule is C[NH+](C)CCCNc1c2c([nH+]c3ccccc13)CCC2. The van der Waals surface area contributed by atoms with Crippen molar-refractivity contribution in [2.24, 2.45) is 0 Å². The first-order valence-electron chi connectivity index (χ1n) is 7.74. The Kier molecular flexibility index (Phi) is 3.88. The number of aromatic amines is 1. The number of H-pyrrole nitrogens is 1. The highest BCUT2D eigenvalue weighted by atomic mass is 15.1. The first-order valence-corrected chi connectivity index (χ1v) is 7.74. The zero-order valence-corrected chi connectivity index (χ0v) is 12.6. The van der Waals surface area contributed by atoms with Crippen molar-refractivity contribution in [2.45, 2.75) is 25.7 Å².